The Bertz CT molecular complexity index is 314. The van der Waals surface area contributed by atoms with Gasteiger partial charge in [0.25, 0.3) is 0 Å². The molecule has 14 heavy (non-hydrogen) atoms. The molecule has 1 aromatic carbocycles. The normalized spacial score (nSPS) is 16.3. The summed E-state index contributed by atoms with van der Waals surface area (Å²) in [5.74, 6) is 0. The zero-order valence-corrected chi connectivity index (χ0v) is 8.79. The van der Waals surface area contributed by atoms with Crippen LogP contribution in [0.25, 0.3) is 0 Å². The highest BCUT2D eigenvalue weighted by Gasteiger charge is 2.14. The molecule has 0 amide bonds. The van der Waals surface area contributed by atoms with E-state index in [1.807, 2.05) is 0 Å². The minimum Gasteiger partial charge on any atom is -0.371 e. The average molecular weight is 190 g/mol. The molecule has 1 aromatic rings. The van der Waals surface area contributed by atoms with Gasteiger partial charge in [-0.25, -0.2) is 0 Å². The molecular weight excluding hydrogens is 172 g/mol. The number of rotatable bonds is 2. The molecule has 1 aliphatic rings. The summed E-state index contributed by atoms with van der Waals surface area (Å²) < 4.78 is 0. The van der Waals surface area contributed by atoms with Crippen molar-refractivity contribution in [2.75, 3.05) is 18.0 Å². The van der Waals surface area contributed by atoms with Crippen molar-refractivity contribution in [3.63, 3.8) is 0 Å². The summed E-state index contributed by atoms with van der Waals surface area (Å²) in [7, 11) is 0. The highest BCUT2D eigenvalue weighted by molar-refractivity contribution is 5.56. The number of nitrogens with zero attached hydrogens (tertiary/aromatic N) is 1. The van der Waals surface area contributed by atoms with Crippen molar-refractivity contribution in [2.24, 2.45) is 5.73 Å². The van der Waals surface area contributed by atoms with E-state index in [0.717, 1.165) is 0 Å². The van der Waals surface area contributed by atoms with Gasteiger partial charge in [0.05, 0.1) is 0 Å². The predicted octanol–water partition coefficient (Wildman–Crippen LogP) is 2.05. The van der Waals surface area contributed by atoms with Gasteiger partial charge in [0.2, 0.25) is 0 Å². The molecule has 0 aliphatic carbocycles. The summed E-state index contributed by atoms with van der Waals surface area (Å²) in [5, 5.41) is 0. The summed E-state index contributed by atoms with van der Waals surface area (Å²) >= 11 is 0. The van der Waals surface area contributed by atoms with Crippen molar-refractivity contribution in [1.29, 1.82) is 0 Å². The largest absolute Gasteiger partial charge is 0.371 e. The van der Waals surface area contributed by atoms with E-state index in [1.54, 1.807) is 0 Å². The molecule has 2 heteroatoms. The van der Waals surface area contributed by atoms with Crippen LogP contribution in [0.4, 0.5) is 5.69 Å². The van der Waals surface area contributed by atoms with Gasteiger partial charge in [-0.2, -0.15) is 0 Å². The minimum absolute atomic E-state index is 0.645. The summed E-state index contributed by atoms with van der Waals surface area (Å²) in [6.07, 6.45) is 2.63. The van der Waals surface area contributed by atoms with E-state index in [4.69, 9.17) is 5.73 Å². The first-order valence-corrected chi connectivity index (χ1v) is 5.36. The van der Waals surface area contributed by atoms with E-state index in [2.05, 4.69) is 30.0 Å². The fourth-order valence-corrected chi connectivity index (χ4v) is 2.10. The van der Waals surface area contributed by atoms with Gasteiger partial charge < -0.3 is 10.6 Å². The number of aryl methyl sites for hydroxylation is 1. The number of hydrogen-bond acceptors (Lipinski definition) is 2. The second kappa shape index (κ2) is 4.01. The maximum atomic E-state index is 5.74. The maximum Gasteiger partial charge on any atom is 0.0414 e. The molecule has 76 valence electrons. The Morgan fingerprint density at radius 1 is 1.29 bits per heavy atom. The molecule has 2 N–H and O–H groups in total. The van der Waals surface area contributed by atoms with Gasteiger partial charge in [-0.3, -0.25) is 0 Å². The molecule has 1 heterocycles. The van der Waals surface area contributed by atoms with E-state index in [9.17, 15) is 0 Å². The van der Waals surface area contributed by atoms with Gasteiger partial charge in [-0.15, -0.1) is 0 Å². The third-order valence-corrected chi connectivity index (χ3v) is 2.91. The van der Waals surface area contributed by atoms with Crippen LogP contribution in [0, 0.1) is 6.92 Å². The second-order valence-corrected chi connectivity index (χ2v) is 4.03. The molecule has 1 fully saturated rings. The number of hydrogen-bond donors (Lipinski definition) is 1. The van der Waals surface area contributed by atoms with Crippen LogP contribution >= 0.6 is 0 Å². The smallest absolute Gasteiger partial charge is 0.0414 e. The lowest BCUT2D eigenvalue weighted by molar-refractivity contribution is 0.938. The van der Waals surface area contributed by atoms with Crippen LogP contribution in [0.2, 0.25) is 0 Å². The van der Waals surface area contributed by atoms with Crippen molar-refractivity contribution in [1.82, 2.24) is 0 Å². The van der Waals surface area contributed by atoms with E-state index in [-0.39, 0.29) is 0 Å². The molecule has 0 saturated carbocycles. The fraction of sp³-hybridized carbons (Fsp3) is 0.500. The maximum absolute atomic E-state index is 5.74. The van der Waals surface area contributed by atoms with Crippen LogP contribution in [0.1, 0.15) is 24.0 Å². The molecule has 0 bridgehead atoms. The van der Waals surface area contributed by atoms with E-state index in [0.29, 0.717) is 6.54 Å². The topological polar surface area (TPSA) is 29.3 Å². The lowest BCUT2D eigenvalue weighted by atomic mass is 10.1. The molecule has 2 nitrogen and oxygen atoms in total. The second-order valence-electron chi connectivity index (χ2n) is 4.03. The summed E-state index contributed by atoms with van der Waals surface area (Å²) in [4.78, 5) is 2.45. The highest BCUT2D eigenvalue weighted by Crippen LogP contribution is 2.25. The molecule has 1 aliphatic heterocycles. The Morgan fingerprint density at radius 2 is 2.00 bits per heavy atom. The first-order chi connectivity index (χ1) is 6.81. The first-order valence-electron chi connectivity index (χ1n) is 5.36. The van der Waals surface area contributed by atoms with Gasteiger partial charge in [0, 0.05) is 25.3 Å². The monoisotopic (exact) mass is 190 g/mol. The molecule has 1 saturated heterocycles. The van der Waals surface area contributed by atoms with E-state index in [1.165, 1.54) is 42.7 Å². The lowest BCUT2D eigenvalue weighted by Crippen LogP contribution is -2.20. The van der Waals surface area contributed by atoms with Crippen molar-refractivity contribution in [2.45, 2.75) is 26.3 Å². The summed E-state index contributed by atoms with van der Waals surface area (Å²) in [6.45, 7) is 5.17. The standard InChI is InChI=1S/C12H18N2/c1-10-4-5-11(9-13)12(8-10)14-6-2-3-7-14/h4-5,8H,2-3,6-7,9,13H2,1H3. The zero-order valence-electron chi connectivity index (χ0n) is 8.79. The average Bonchev–Trinajstić information content (AvgIpc) is 2.70. The molecule has 0 aromatic heterocycles. The number of nitrogens with two attached hydrogens (primary N) is 1. The van der Waals surface area contributed by atoms with Gasteiger partial charge in [0.15, 0.2) is 0 Å². The Morgan fingerprint density at radius 3 is 2.64 bits per heavy atom. The van der Waals surface area contributed by atoms with Gasteiger partial charge in [0.1, 0.15) is 0 Å². The molecular formula is C12H18N2. The van der Waals surface area contributed by atoms with Crippen molar-refractivity contribution < 1.29 is 0 Å². The lowest BCUT2D eigenvalue weighted by Gasteiger charge is -2.21. The Kier molecular flexibility index (Phi) is 2.73. The van der Waals surface area contributed by atoms with Crippen molar-refractivity contribution in [3.8, 4) is 0 Å². The van der Waals surface area contributed by atoms with Gasteiger partial charge in [-0.1, -0.05) is 12.1 Å². The molecule has 0 radical (unpaired) electrons. The zero-order chi connectivity index (χ0) is 9.97. The van der Waals surface area contributed by atoms with Crippen molar-refractivity contribution >= 4 is 5.69 Å². The Hall–Kier alpha value is -1.02. The van der Waals surface area contributed by atoms with E-state index >= 15 is 0 Å². The van der Waals surface area contributed by atoms with Gasteiger partial charge >= 0.3 is 0 Å². The number of anilines is 1. The Labute approximate surface area is 85.7 Å². The molecule has 0 unspecified atom stereocenters. The van der Waals surface area contributed by atoms with Crippen LogP contribution in [0.15, 0.2) is 18.2 Å². The highest BCUT2D eigenvalue weighted by atomic mass is 15.1. The van der Waals surface area contributed by atoms with Crippen LogP contribution in [-0.4, -0.2) is 13.1 Å². The quantitative estimate of drug-likeness (QED) is 0.773. The molecule has 2 rings (SSSR count). The fourth-order valence-electron chi connectivity index (χ4n) is 2.10. The number of benzene rings is 1. The Balaban J connectivity index is 2.33. The van der Waals surface area contributed by atoms with E-state index < -0.39 is 0 Å². The molecule has 0 atom stereocenters. The molecule has 0 spiro atoms. The van der Waals surface area contributed by atoms with Crippen LogP contribution in [0.3, 0.4) is 0 Å². The first kappa shape index (κ1) is 9.53. The van der Waals surface area contributed by atoms with Crippen LogP contribution in [0.5, 0.6) is 0 Å². The summed E-state index contributed by atoms with van der Waals surface area (Å²) in [6, 6.07) is 6.55. The van der Waals surface area contributed by atoms with Gasteiger partial charge in [-0.05, 0) is 37.0 Å². The SMILES string of the molecule is Cc1ccc(CN)c(N2CCCC2)c1. The third-order valence-electron chi connectivity index (χ3n) is 2.91. The predicted molar refractivity (Wildman–Crippen MR) is 60.5 cm³/mol. The minimum atomic E-state index is 0.645. The third kappa shape index (κ3) is 1.75. The summed E-state index contributed by atoms with van der Waals surface area (Å²) in [5.41, 5.74) is 9.69. The van der Waals surface area contributed by atoms with Crippen LogP contribution < -0.4 is 10.6 Å². The van der Waals surface area contributed by atoms with Crippen molar-refractivity contribution in [3.05, 3.63) is 29.3 Å². The van der Waals surface area contributed by atoms with Crippen LogP contribution in [-0.2, 0) is 6.54 Å².